The molecule has 2 atom stereocenters. The van der Waals surface area contributed by atoms with Gasteiger partial charge in [0.2, 0.25) is 0 Å². The molecule has 0 bridgehead atoms. The molecule has 5 nitrogen and oxygen atoms in total. The Morgan fingerprint density at radius 2 is 2.12 bits per heavy atom. The van der Waals surface area contributed by atoms with Gasteiger partial charge in [0.15, 0.2) is 0 Å². The van der Waals surface area contributed by atoms with E-state index in [0.717, 1.165) is 35.1 Å². The zero-order valence-electron chi connectivity index (χ0n) is 15.8. The molecule has 5 heteroatoms. The molecule has 1 aliphatic rings. The number of hydrogen-bond acceptors (Lipinski definition) is 4. The van der Waals surface area contributed by atoms with E-state index in [0.29, 0.717) is 25.9 Å². The number of aliphatic hydroxyl groups excluding tert-OH is 1. The number of carboxylic acid groups (broad SMARTS) is 1. The first-order valence-corrected chi connectivity index (χ1v) is 9.48. The molecular weight excluding hydrogens is 328 g/mol. The number of aliphatic carboxylic acids is 1. The first kappa shape index (κ1) is 18.6. The van der Waals surface area contributed by atoms with Crippen molar-refractivity contribution in [2.45, 2.75) is 52.6 Å². The predicted octanol–water partition coefficient (Wildman–Crippen LogP) is 3.55. The summed E-state index contributed by atoms with van der Waals surface area (Å²) < 4.78 is 0. The molecule has 2 heterocycles. The van der Waals surface area contributed by atoms with Crippen LogP contribution in [0, 0.1) is 12.3 Å². The van der Waals surface area contributed by atoms with E-state index in [1.54, 1.807) is 0 Å². The van der Waals surface area contributed by atoms with E-state index in [1.807, 2.05) is 24.0 Å². The van der Waals surface area contributed by atoms with Gasteiger partial charge in [-0.15, -0.1) is 0 Å². The summed E-state index contributed by atoms with van der Waals surface area (Å²) in [5.41, 5.74) is 2.23. The van der Waals surface area contributed by atoms with E-state index in [2.05, 4.69) is 26.0 Å². The van der Waals surface area contributed by atoms with E-state index < -0.39 is 17.5 Å². The number of nitrogens with zero attached hydrogens (tertiary/aromatic N) is 2. The van der Waals surface area contributed by atoms with Crippen LogP contribution < -0.4 is 4.90 Å². The van der Waals surface area contributed by atoms with Crippen molar-refractivity contribution in [3.8, 4) is 0 Å². The van der Waals surface area contributed by atoms with E-state index in [1.165, 1.54) is 5.56 Å². The molecule has 1 aromatic heterocycles. The van der Waals surface area contributed by atoms with Gasteiger partial charge in [0, 0.05) is 18.5 Å². The number of aliphatic hydroxyl groups is 1. The average molecular weight is 356 g/mol. The third-order valence-corrected chi connectivity index (χ3v) is 5.70. The second-order valence-corrected chi connectivity index (χ2v) is 7.44. The summed E-state index contributed by atoms with van der Waals surface area (Å²) in [6.07, 6.45) is 1.80. The monoisotopic (exact) mass is 356 g/mol. The molecule has 1 aliphatic heterocycles. The van der Waals surface area contributed by atoms with E-state index in [4.69, 9.17) is 4.98 Å². The Hall–Kier alpha value is -2.14. The molecule has 3 rings (SSSR count). The third kappa shape index (κ3) is 3.16. The van der Waals surface area contributed by atoms with Gasteiger partial charge in [0.25, 0.3) is 0 Å². The summed E-state index contributed by atoms with van der Waals surface area (Å²) in [4.78, 5) is 18.8. The quantitative estimate of drug-likeness (QED) is 0.857. The van der Waals surface area contributed by atoms with Gasteiger partial charge in [0.05, 0.1) is 11.6 Å². The molecule has 1 saturated heterocycles. The number of benzene rings is 1. The molecule has 2 N–H and O–H groups in total. The molecule has 0 aliphatic carbocycles. The van der Waals surface area contributed by atoms with Crippen LogP contribution in [-0.2, 0) is 11.2 Å². The van der Waals surface area contributed by atoms with Crippen molar-refractivity contribution in [2.75, 3.05) is 18.0 Å². The van der Waals surface area contributed by atoms with Crippen LogP contribution in [0.2, 0.25) is 0 Å². The topological polar surface area (TPSA) is 73.7 Å². The summed E-state index contributed by atoms with van der Waals surface area (Å²) in [6.45, 7) is 7.08. The fourth-order valence-electron chi connectivity index (χ4n) is 4.09. The number of anilines is 1. The molecule has 0 amide bonds. The minimum atomic E-state index is -1.12. The number of pyridine rings is 1. The highest BCUT2D eigenvalue weighted by molar-refractivity contribution is 5.85. The number of rotatable bonds is 5. The van der Waals surface area contributed by atoms with Crippen molar-refractivity contribution < 1.29 is 15.0 Å². The van der Waals surface area contributed by atoms with Crippen LogP contribution in [0.25, 0.3) is 10.9 Å². The van der Waals surface area contributed by atoms with Crippen molar-refractivity contribution in [1.82, 2.24) is 4.98 Å². The van der Waals surface area contributed by atoms with Crippen LogP contribution in [0.1, 0.15) is 44.2 Å². The van der Waals surface area contributed by atoms with Crippen LogP contribution in [0.3, 0.4) is 0 Å². The number of aryl methyl sites for hydroxylation is 2. The van der Waals surface area contributed by atoms with Gasteiger partial charge in [-0.3, -0.25) is 4.79 Å². The van der Waals surface area contributed by atoms with Crippen molar-refractivity contribution in [3.05, 3.63) is 35.4 Å². The van der Waals surface area contributed by atoms with E-state index in [9.17, 15) is 15.0 Å². The summed E-state index contributed by atoms with van der Waals surface area (Å²) in [5, 5.41) is 21.4. The molecule has 0 spiro atoms. The molecular formula is C21H28N2O3. The van der Waals surface area contributed by atoms with E-state index in [-0.39, 0.29) is 0 Å². The van der Waals surface area contributed by atoms with Gasteiger partial charge in [-0.05, 0) is 55.5 Å². The number of aromatic nitrogens is 1. The molecule has 0 unspecified atom stereocenters. The van der Waals surface area contributed by atoms with Gasteiger partial charge in [-0.25, -0.2) is 4.98 Å². The fourth-order valence-corrected chi connectivity index (χ4v) is 4.09. The predicted molar refractivity (Wildman–Crippen MR) is 104 cm³/mol. The maximum Gasteiger partial charge on any atom is 0.314 e. The van der Waals surface area contributed by atoms with Crippen LogP contribution in [0.5, 0.6) is 0 Å². The maximum absolute atomic E-state index is 12.0. The number of piperidine rings is 1. The maximum atomic E-state index is 12.0. The van der Waals surface area contributed by atoms with Crippen molar-refractivity contribution >= 4 is 22.7 Å². The van der Waals surface area contributed by atoms with Crippen molar-refractivity contribution in [1.29, 1.82) is 0 Å². The van der Waals surface area contributed by atoms with Crippen LogP contribution >= 0.6 is 0 Å². The normalized spacial score (nSPS) is 23.4. The molecule has 2 aromatic rings. The summed E-state index contributed by atoms with van der Waals surface area (Å²) in [7, 11) is 0. The molecule has 1 aromatic carbocycles. The highest BCUT2D eigenvalue weighted by atomic mass is 16.4. The molecule has 0 saturated carbocycles. The molecule has 26 heavy (non-hydrogen) atoms. The molecule has 1 fully saturated rings. The van der Waals surface area contributed by atoms with E-state index >= 15 is 0 Å². The summed E-state index contributed by atoms with van der Waals surface area (Å²) >= 11 is 0. The van der Waals surface area contributed by atoms with Crippen molar-refractivity contribution in [2.24, 2.45) is 5.41 Å². The number of fused-ring (bicyclic) bond motifs is 1. The lowest BCUT2D eigenvalue weighted by Gasteiger charge is -2.44. The third-order valence-electron chi connectivity index (χ3n) is 5.70. The van der Waals surface area contributed by atoms with Gasteiger partial charge < -0.3 is 15.1 Å². The van der Waals surface area contributed by atoms with Gasteiger partial charge >= 0.3 is 5.97 Å². The van der Waals surface area contributed by atoms with Gasteiger partial charge in [-0.2, -0.15) is 0 Å². The minimum absolute atomic E-state index is 0.294. The van der Waals surface area contributed by atoms with Crippen LogP contribution in [0.4, 0.5) is 5.82 Å². The van der Waals surface area contributed by atoms with Gasteiger partial charge in [-0.1, -0.05) is 26.3 Å². The Morgan fingerprint density at radius 3 is 2.77 bits per heavy atom. The van der Waals surface area contributed by atoms with Crippen molar-refractivity contribution in [3.63, 3.8) is 0 Å². The first-order chi connectivity index (χ1) is 12.4. The highest BCUT2D eigenvalue weighted by Crippen LogP contribution is 2.37. The molecule has 0 radical (unpaired) electrons. The zero-order chi connectivity index (χ0) is 18.9. The number of carbonyl (C=O) groups is 1. The SMILES string of the molecule is CCC[C@]1(C(=O)O)CN(c2cc(C)c3cc(CC)ccc3n2)CC[C@H]1O. The Morgan fingerprint density at radius 1 is 1.35 bits per heavy atom. The number of carboxylic acids is 1. The number of hydrogen-bond donors (Lipinski definition) is 2. The minimum Gasteiger partial charge on any atom is -0.481 e. The standard InChI is InChI=1S/C21H28N2O3/c1-4-9-21(20(25)26)13-23(10-8-18(21)24)19-11-14(3)16-12-15(5-2)6-7-17(16)22-19/h6-7,11-12,18,24H,4-5,8-10,13H2,1-3H3,(H,25,26)/t18-,21+/m1/s1. The van der Waals surface area contributed by atoms with Crippen LogP contribution in [-0.4, -0.2) is 40.4 Å². The lowest BCUT2D eigenvalue weighted by atomic mass is 9.74. The largest absolute Gasteiger partial charge is 0.481 e. The Kier molecular flexibility index (Phi) is 5.19. The van der Waals surface area contributed by atoms with Gasteiger partial charge in [0.1, 0.15) is 11.2 Å². The zero-order valence-corrected chi connectivity index (χ0v) is 15.8. The fraction of sp³-hybridized carbons (Fsp3) is 0.524. The summed E-state index contributed by atoms with van der Waals surface area (Å²) in [5.74, 6) is -0.116. The first-order valence-electron chi connectivity index (χ1n) is 9.48. The Balaban J connectivity index is 1.99. The summed E-state index contributed by atoms with van der Waals surface area (Å²) in [6, 6.07) is 8.36. The molecule has 140 valence electrons. The smallest absolute Gasteiger partial charge is 0.314 e. The van der Waals surface area contributed by atoms with Crippen LogP contribution in [0.15, 0.2) is 24.3 Å². The average Bonchev–Trinajstić information content (AvgIpc) is 2.63. The Labute approximate surface area is 154 Å². The lowest BCUT2D eigenvalue weighted by molar-refractivity contribution is -0.158. The second-order valence-electron chi connectivity index (χ2n) is 7.44. The highest BCUT2D eigenvalue weighted by Gasteiger charge is 2.48. The Bertz CT molecular complexity index is 820. The second kappa shape index (κ2) is 7.23. The lowest BCUT2D eigenvalue weighted by Crippen LogP contribution is -2.56.